The van der Waals surface area contributed by atoms with Crippen LogP contribution >= 0.6 is 23.8 Å². The lowest BCUT2D eigenvalue weighted by Crippen LogP contribution is -2.35. The molecule has 0 atom stereocenters. The highest BCUT2D eigenvalue weighted by Gasteiger charge is 2.40. The average Bonchev–Trinajstić information content (AvgIpc) is 3.02. The van der Waals surface area contributed by atoms with E-state index in [9.17, 15) is 19.7 Å². The van der Waals surface area contributed by atoms with E-state index in [1.165, 1.54) is 49.3 Å². The summed E-state index contributed by atoms with van der Waals surface area (Å²) in [6.07, 6.45) is 1.27. The van der Waals surface area contributed by atoms with Gasteiger partial charge in [0.15, 0.2) is 16.6 Å². The summed E-state index contributed by atoms with van der Waals surface area (Å²) in [6, 6.07) is 8.89. The van der Waals surface area contributed by atoms with Crippen LogP contribution < -0.4 is 14.4 Å². The number of nitrogens with zero attached hydrogens (tertiary/aromatic N) is 3. The van der Waals surface area contributed by atoms with Gasteiger partial charge < -0.3 is 19.1 Å². The van der Waals surface area contributed by atoms with Crippen LogP contribution in [-0.2, 0) is 14.3 Å². The molecule has 0 unspecified atom stereocenters. The Morgan fingerprint density at radius 1 is 1.15 bits per heavy atom. The molecule has 1 aliphatic rings. The third kappa shape index (κ3) is 4.73. The fraction of sp³-hybridized carbons (Fsp3) is 0.190. The lowest BCUT2D eigenvalue weighted by molar-refractivity contribution is -0.385. The first-order chi connectivity index (χ1) is 15.7. The first-order valence-electron chi connectivity index (χ1n) is 9.32. The minimum absolute atomic E-state index is 0.00195. The second-order valence-electron chi connectivity index (χ2n) is 6.61. The van der Waals surface area contributed by atoms with E-state index in [0.29, 0.717) is 10.7 Å². The number of nitro benzene ring substituents is 1. The largest absolute Gasteiger partial charge is 0.493 e. The molecule has 3 rings (SSSR count). The number of carbonyl (C=O) groups is 2. The molecule has 12 heteroatoms. The van der Waals surface area contributed by atoms with E-state index < -0.39 is 16.8 Å². The van der Waals surface area contributed by atoms with Gasteiger partial charge >= 0.3 is 5.97 Å². The van der Waals surface area contributed by atoms with Gasteiger partial charge in [0.25, 0.3) is 11.6 Å². The predicted octanol–water partition coefficient (Wildman–Crippen LogP) is 3.41. The van der Waals surface area contributed by atoms with Crippen LogP contribution in [-0.4, -0.2) is 54.7 Å². The van der Waals surface area contributed by atoms with Crippen molar-refractivity contribution in [3.8, 4) is 11.5 Å². The molecule has 10 nitrogen and oxygen atoms in total. The molecule has 172 valence electrons. The number of benzene rings is 2. The van der Waals surface area contributed by atoms with Gasteiger partial charge in [0, 0.05) is 5.02 Å². The molecule has 2 aromatic carbocycles. The Labute approximate surface area is 199 Å². The zero-order chi connectivity index (χ0) is 24.3. The monoisotopic (exact) mass is 491 g/mol. The van der Waals surface area contributed by atoms with E-state index in [1.807, 2.05) is 0 Å². The topological polar surface area (TPSA) is 111 Å². The molecule has 0 spiro atoms. The highest BCUT2D eigenvalue weighted by Crippen LogP contribution is 2.37. The van der Waals surface area contributed by atoms with Crippen LogP contribution in [0.25, 0.3) is 6.08 Å². The maximum absolute atomic E-state index is 13.4. The van der Waals surface area contributed by atoms with Gasteiger partial charge in [-0.2, -0.15) is 0 Å². The van der Waals surface area contributed by atoms with Crippen LogP contribution in [0.5, 0.6) is 11.5 Å². The van der Waals surface area contributed by atoms with Crippen molar-refractivity contribution in [2.45, 2.75) is 0 Å². The molecule has 0 radical (unpaired) electrons. The normalized spacial score (nSPS) is 14.6. The van der Waals surface area contributed by atoms with Gasteiger partial charge in [0.1, 0.15) is 12.2 Å². The van der Waals surface area contributed by atoms with Crippen LogP contribution in [0.1, 0.15) is 5.56 Å². The fourth-order valence-corrected chi connectivity index (χ4v) is 3.63. The number of rotatable bonds is 7. The SMILES string of the molecule is COC(=O)CN1C(=S)N(c2ccc(Cl)cc2)C(=O)/C1=C/c1cc(OC)c(OC)cc1[N+](=O)[O-]. The van der Waals surface area contributed by atoms with E-state index in [4.69, 9.17) is 38.0 Å². The molecular formula is C21H18ClN3O7S. The Balaban J connectivity index is 2.18. The maximum Gasteiger partial charge on any atom is 0.325 e. The Bertz CT molecular complexity index is 1170. The fourth-order valence-electron chi connectivity index (χ4n) is 3.15. The van der Waals surface area contributed by atoms with Crippen molar-refractivity contribution in [1.82, 2.24) is 4.90 Å². The van der Waals surface area contributed by atoms with Gasteiger partial charge in [-0.05, 0) is 48.6 Å². The van der Waals surface area contributed by atoms with Crippen LogP contribution in [0, 0.1) is 10.1 Å². The molecule has 1 fully saturated rings. The Kier molecular flexibility index (Phi) is 7.14. The number of halogens is 1. The van der Waals surface area contributed by atoms with Crippen LogP contribution in [0.2, 0.25) is 5.02 Å². The molecule has 0 saturated carbocycles. The first-order valence-corrected chi connectivity index (χ1v) is 10.1. The number of nitro groups is 1. The van der Waals surface area contributed by atoms with Gasteiger partial charge in [-0.25, -0.2) is 0 Å². The van der Waals surface area contributed by atoms with E-state index >= 15 is 0 Å². The van der Waals surface area contributed by atoms with E-state index in [0.717, 1.165) is 0 Å². The van der Waals surface area contributed by atoms with Gasteiger partial charge in [-0.1, -0.05) is 11.6 Å². The summed E-state index contributed by atoms with van der Waals surface area (Å²) in [5, 5.41) is 12.2. The average molecular weight is 492 g/mol. The molecule has 0 N–H and O–H groups in total. The van der Waals surface area contributed by atoms with Crippen molar-refractivity contribution in [3.63, 3.8) is 0 Å². The Morgan fingerprint density at radius 3 is 2.30 bits per heavy atom. The Hall–Kier alpha value is -3.70. The minimum atomic E-state index is -0.657. The second kappa shape index (κ2) is 9.84. The molecule has 1 heterocycles. The summed E-state index contributed by atoms with van der Waals surface area (Å²) < 4.78 is 15.1. The first kappa shape index (κ1) is 24.0. The van der Waals surface area contributed by atoms with E-state index in [2.05, 4.69) is 0 Å². The van der Waals surface area contributed by atoms with Crippen molar-refractivity contribution in [2.24, 2.45) is 0 Å². The molecule has 2 aromatic rings. The van der Waals surface area contributed by atoms with Crippen molar-refractivity contribution in [2.75, 3.05) is 32.8 Å². The van der Waals surface area contributed by atoms with Gasteiger partial charge in [-0.3, -0.25) is 24.6 Å². The number of carbonyl (C=O) groups excluding carboxylic acids is 2. The molecule has 1 amide bonds. The van der Waals surface area contributed by atoms with Gasteiger partial charge in [0.05, 0.1) is 43.6 Å². The standard InChI is InChI=1S/C21H18ClN3O7S/c1-30-17-9-12(15(25(28)29)10-18(17)31-2)8-16-20(27)24(14-6-4-13(22)5-7-14)21(33)23(16)11-19(26)32-3/h4-10H,11H2,1-3H3/b16-8-. The smallest absolute Gasteiger partial charge is 0.325 e. The number of amides is 1. The summed E-state index contributed by atoms with van der Waals surface area (Å²) in [5.74, 6) is -0.878. The molecule has 0 aromatic heterocycles. The summed E-state index contributed by atoms with van der Waals surface area (Å²) >= 11 is 11.4. The molecular weight excluding hydrogens is 474 g/mol. The number of methoxy groups -OCH3 is 3. The zero-order valence-electron chi connectivity index (χ0n) is 17.7. The van der Waals surface area contributed by atoms with Crippen molar-refractivity contribution in [3.05, 3.63) is 62.8 Å². The highest BCUT2D eigenvalue weighted by molar-refractivity contribution is 7.80. The van der Waals surface area contributed by atoms with Gasteiger partial charge in [0.2, 0.25) is 0 Å². The number of thiocarbonyl (C=S) groups is 1. The second-order valence-corrected chi connectivity index (χ2v) is 7.42. The summed E-state index contributed by atoms with van der Waals surface area (Å²) in [5.41, 5.74) is 0.0728. The number of esters is 1. The molecule has 1 saturated heterocycles. The summed E-state index contributed by atoms with van der Waals surface area (Å²) in [7, 11) is 3.92. The van der Waals surface area contributed by atoms with E-state index in [-0.39, 0.29) is 40.1 Å². The number of hydrogen-bond acceptors (Lipinski definition) is 8. The van der Waals surface area contributed by atoms with Crippen molar-refractivity contribution >= 4 is 58.3 Å². The number of ether oxygens (including phenoxy) is 3. The quantitative estimate of drug-likeness (QED) is 0.189. The third-order valence-corrected chi connectivity index (χ3v) is 5.41. The highest BCUT2D eigenvalue weighted by atomic mass is 35.5. The number of hydrogen-bond donors (Lipinski definition) is 0. The summed E-state index contributed by atoms with van der Waals surface area (Å²) in [4.78, 5) is 38.9. The lowest BCUT2D eigenvalue weighted by atomic mass is 10.1. The van der Waals surface area contributed by atoms with Crippen LogP contribution in [0.4, 0.5) is 11.4 Å². The van der Waals surface area contributed by atoms with Crippen molar-refractivity contribution < 1.29 is 28.7 Å². The maximum atomic E-state index is 13.4. The number of anilines is 1. The Morgan fingerprint density at radius 2 is 1.76 bits per heavy atom. The zero-order valence-corrected chi connectivity index (χ0v) is 19.3. The summed E-state index contributed by atoms with van der Waals surface area (Å²) in [6.45, 7) is -0.377. The van der Waals surface area contributed by atoms with Gasteiger partial charge in [-0.15, -0.1) is 0 Å². The van der Waals surface area contributed by atoms with E-state index in [1.54, 1.807) is 24.3 Å². The minimum Gasteiger partial charge on any atom is -0.493 e. The third-order valence-electron chi connectivity index (χ3n) is 4.76. The molecule has 33 heavy (non-hydrogen) atoms. The molecule has 1 aliphatic heterocycles. The van der Waals surface area contributed by atoms with Crippen LogP contribution in [0.3, 0.4) is 0 Å². The molecule has 0 bridgehead atoms. The van der Waals surface area contributed by atoms with Crippen LogP contribution in [0.15, 0.2) is 42.1 Å². The predicted molar refractivity (Wildman–Crippen MR) is 124 cm³/mol. The molecule has 0 aliphatic carbocycles. The lowest BCUT2D eigenvalue weighted by Gasteiger charge is -2.19. The van der Waals surface area contributed by atoms with Crippen molar-refractivity contribution in [1.29, 1.82) is 0 Å².